The number of ether oxygens (including phenoxy) is 1. The van der Waals surface area contributed by atoms with Gasteiger partial charge in [-0.25, -0.2) is 4.39 Å². The molecule has 2 aromatic carbocycles. The fraction of sp³-hybridized carbons (Fsp3) is 0.150. The first kappa shape index (κ1) is 16.9. The summed E-state index contributed by atoms with van der Waals surface area (Å²) in [5, 5.41) is 2.84. The maximum Gasteiger partial charge on any atom is 0.287 e. The number of hydrogen-bond acceptors (Lipinski definition) is 3. The maximum atomic E-state index is 13.0. The van der Waals surface area contributed by atoms with E-state index in [1.807, 2.05) is 24.3 Å². The van der Waals surface area contributed by atoms with Gasteiger partial charge >= 0.3 is 0 Å². The van der Waals surface area contributed by atoms with Crippen LogP contribution in [0.1, 0.15) is 21.7 Å². The summed E-state index contributed by atoms with van der Waals surface area (Å²) in [7, 11) is 1.63. The first-order valence-electron chi connectivity index (χ1n) is 7.87. The summed E-state index contributed by atoms with van der Waals surface area (Å²) >= 11 is 0. The minimum Gasteiger partial charge on any atom is -0.451 e. The highest BCUT2D eigenvalue weighted by Crippen LogP contribution is 2.22. The molecule has 0 unspecified atom stereocenters. The minimum atomic E-state index is -0.317. The van der Waals surface area contributed by atoms with Gasteiger partial charge in [-0.1, -0.05) is 24.3 Å². The highest BCUT2D eigenvalue weighted by atomic mass is 19.1. The predicted octanol–water partition coefficient (Wildman–Crippen LogP) is 4.16. The van der Waals surface area contributed by atoms with Crippen LogP contribution < -0.4 is 5.32 Å². The summed E-state index contributed by atoms with van der Waals surface area (Å²) in [6, 6.07) is 17.0. The Bertz CT molecular complexity index is 855. The van der Waals surface area contributed by atoms with Crippen LogP contribution in [-0.4, -0.2) is 13.0 Å². The molecule has 0 atom stereocenters. The highest BCUT2D eigenvalue weighted by Gasteiger charge is 2.13. The molecule has 0 aliphatic rings. The van der Waals surface area contributed by atoms with E-state index in [1.165, 1.54) is 12.1 Å². The number of carbonyl (C=O) groups is 1. The molecule has 1 N–H and O–H groups in total. The number of nitrogens with one attached hydrogen (secondary N) is 1. The van der Waals surface area contributed by atoms with Gasteiger partial charge in [-0.2, -0.15) is 0 Å². The number of furan rings is 1. The van der Waals surface area contributed by atoms with Crippen molar-refractivity contribution in [1.29, 1.82) is 0 Å². The molecule has 4 nitrogen and oxygen atoms in total. The van der Waals surface area contributed by atoms with Gasteiger partial charge in [-0.05, 0) is 47.5 Å². The van der Waals surface area contributed by atoms with E-state index in [0.29, 0.717) is 24.5 Å². The summed E-state index contributed by atoms with van der Waals surface area (Å²) in [5.41, 5.74) is 2.73. The van der Waals surface area contributed by atoms with Crippen molar-refractivity contribution in [1.82, 2.24) is 5.32 Å². The van der Waals surface area contributed by atoms with Gasteiger partial charge in [0.15, 0.2) is 5.76 Å². The van der Waals surface area contributed by atoms with Crippen LogP contribution in [0, 0.1) is 5.82 Å². The van der Waals surface area contributed by atoms with Crippen molar-refractivity contribution in [2.75, 3.05) is 7.11 Å². The zero-order valence-corrected chi connectivity index (χ0v) is 13.8. The zero-order chi connectivity index (χ0) is 17.6. The van der Waals surface area contributed by atoms with Gasteiger partial charge in [0.05, 0.1) is 6.61 Å². The molecule has 0 spiro atoms. The quantitative estimate of drug-likeness (QED) is 0.733. The van der Waals surface area contributed by atoms with Crippen LogP contribution in [0.4, 0.5) is 4.39 Å². The minimum absolute atomic E-state index is 0.212. The molecule has 5 heteroatoms. The zero-order valence-electron chi connectivity index (χ0n) is 13.8. The average molecular weight is 339 g/mol. The van der Waals surface area contributed by atoms with Crippen molar-refractivity contribution in [2.45, 2.75) is 13.2 Å². The summed E-state index contributed by atoms with van der Waals surface area (Å²) in [6.07, 6.45) is 0. The molecule has 1 aromatic heterocycles. The predicted molar refractivity (Wildman–Crippen MR) is 92.4 cm³/mol. The Morgan fingerprint density at radius 2 is 1.76 bits per heavy atom. The van der Waals surface area contributed by atoms with E-state index >= 15 is 0 Å². The van der Waals surface area contributed by atoms with Gasteiger partial charge in [0, 0.05) is 19.2 Å². The topological polar surface area (TPSA) is 51.5 Å². The van der Waals surface area contributed by atoms with Crippen LogP contribution in [0.3, 0.4) is 0 Å². The molecule has 0 aliphatic heterocycles. The van der Waals surface area contributed by atoms with Crippen LogP contribution >= 0.6 is 0 Å². The second-order valence-corrected chi connectivity index (χ2v) is 5.56. The van der Waals surface area contributed by atoms with Crippen LogP contribution in [0.5, 0.6) is 0 Å². The van der Waals surface area contributed by atoms with Crippen molar-refractivity contribution in [2.24, 2.45) is 0 Å². The SMILES string of the molecule is COCc1ccccc1CNC(=O)c1ccc(-c2ccc(F)cc2)o1. The summed E-state index contributed by atoms with van der Waals surface area (Å²) in [6.45, 7) is 0.868. The van der Waals surface area contributed by atoms with E-state index in [4.69, 9.17) is 9.15 Å². The molecule has 0 saturated heterocycles. The van der Waals surface area contributed by atoms with Crippen LogP contribution in [0.15, 0.2) is 65.1 Å². The summed E-state index contributed by atoms with van der Waals surface area (Å²) < 4.78 is 23.7. The third-order valence-corrected chi connectivity index (χ3v) is 3.82. The lowest BCUT2D eigenvalue weighted by Gasteiger charge is -2.09. The van der Waals surface area contributed by atoms with Crippen molar-refractivity contribution in [3.63, 3.8) is 0 Å². The molecule has 0 bridgehead atoms. The van der Waals surface area contributed by atoms with Gasteiger partial charge in [-0.15, -0.1) is 0 Å². The lowest BCUT2D eigenvalue weighted by atomic mass is 10.1. The van der Waals surface area contributed by atoms with Gasteiger partial charge in [0.1, 0.15) is 11.6 Å². The largest absolute Gasteiger partial charge is 0.451 e. The molecule has 0 saturated carbocycles. The number of hydrogen-bond donors (Lipinski definition) is 1. The van der Waals surface area contributed by atoms with Crippen LogP contribution in [-0.2, 0) is 17.9 Å². The van der Waals surface area contributed by atoms with E-state index in [9.17, 15) is 9.18 Å². The van der Waals surface area contributed by atoms with Gasteiger partial charge in [-0.3, -0.25) is 4.79 Å². The van der Waals surface area contributed by atoms with Crippen molar-refractivity contribution < 1.29 is 18.3 Å². The lowest BCUT2D eigenvalue weighted by molar-refractivity contribution is 0.0923. The van der Waals surface area contributed by atoms with Gasteiger partial charge in [0.2, 0.25) is 0 Å². The third-order valence-electron chi connectivity index (χ3n) is 3.82. The molecule has 1 amide bonds. The van der Waals surface area contributed by atoms with Crippen molar-refractivity contribution in [3.05, 3.63) is 83.4 Å². The van der Waals surface area contributed by atoms with Gasteiger partial charge < -0.3 is 14.5 Å². The Labute approximate surface area is 145 Å². The number of carbonyl (C=O) groups excluding carboxylic acids is 1. The number of rotatable bonds is 6. The molecular formula is C20H18FNO3. The molecule has 0 radical (unpaired) electrons. The van der Waals surface area contributed by atoms with E-state index in [-0.39, 0.29) is 17.5 Å². The van der Waals surface area contributed by atoms with E-state index in [2.05, 4.69) is 5.32 Å². The Hall–Kier alpha value is -2.92. The first-order chi connectivity index (χ1) is 12.2. The lowest BCUT2D eigenvalue weighted by Crippen LogP contribution is -2.23. The molecule has 0 fully saturated rings. The molecule has 128 valence electrons. The molecule has 3 aromatic rings. The van der Waals surface area contributed by atoms with E-state index in [0.717, 1.165) is 11.1 Å². The average Bonchev–Trinajstić information content (AvgIpc) is 3.12. The maximum absolute atomic E-state index is 13.0. The van der Waals surface area contributed by atoms with E-state index in [1.54, 1.807) is 31.4 Å². The molecule has 3 rings (SSSR count). The van der Waals surface area contributed by atoms with Crippen molar-refractivity contribution >= 4 is 5.91 Å². The number of methoxy groups -OCH3 is 1. The Balaban J connectivity index is 1.67. The molecular weight excluding hydrogens is 321 g/mol. The monoisotopic (exact) mass is 339 g/mol. The normalized spacial score (nSPS) is 10.6. The number of halogens is 1. The van der Waals surface area contributed by atoms with Crippen LogP contribution in [0.25, 0.3) is 11.3 Å². The Kier molecular flexibility index (Phi) is 5.26. The second-order valence-electron chi connectivity index (χ2n) is 5.56. The van der Waals surface area contributed by atoms with Crippen LogP contribution in [0.2, 0.25) is 0 Å². The first-order valence-corrected chi connectivity index (χ1v) is 7.87. The van der Waals surface area contributed by atoms with E-state index < -0.39 is 0 Å². The fourth-order valence-corrected chi connectivity index (χ4v) is 2.52. The highest BCUT2D eigenvalue weighted by molar-refractivity contribution is 5.92. The molecule has 0 aliphatic carbocycles. The second kappa shape index (κ2) is 7.77. The Morgan fingerprint density at radius 3 is 2.48 bits per heavy atom. The fourth-order valence-electron chi connectivity index (χ4n) is 2.52. The van der Waals surface area contributed by atoms with Gasteiger partial charge in [0.25, 0.3) is 5.91 Å². The number of amides is 1. The Morgan fingerprint density at radius 1 is 1.04 bits per heavy atom. The molecule has 25 heavy (non-hydrogen) atoms. The number of benzene rings is 2. The summed E-state index contributed by atoms with van der Waals surface area (Å²) in [5.74, 6) is 0.108. The smallest absolute Gasteiger partial charge is 0.287 e. The van der Waals surface area contributed by atoms with Crippen molar-refractivity contribution in [3.8, 4) is 11.3 Å². The summed E-state index contributed by atoms with van der Waals surface area (Å²) in [4.78, 5) is 12.3. The third kappa shape index (κ3) is 4.14. The standard InChI is InChI=1S/C20H18FNO3/c1-24-13-16-5-3-2-4-15(16)12-22-20(23)19-11-10-18(25-19)14-6-8-17(21)9-7-14/h2-11H,12-13H2,1H3,(H,22,23). The molecule has 1 heterocycles.